The molecule has 1 aromatic carbocycles. The summed E-state index contributed by atoms with van der Waals surface area (Å²) in [6, 6.07) is 10.3. The van der Waals surface area contributed by atoms with Gasteiger partial charge in [-0.2, -0.15) is 5.10 Å². The van der Waals surface area contributed by atoms with E-state index in [0.29, 0.717) is 5.69 Å². The van der Waals surface area contributed by atoms with Crippen LogP contribution in [0, 0.1) is 0 Å². The first-order valence-electron chi connectivity index (χ1n) is 10.5. The molecule has 0 radical (unpaired) electrons. The van der Waals surface area contributed by atoms with Crippen LogP contribution in [0.25, 0.3) is 22.3 Å². The van der Waals surface area contributed by atoms with Crippen molar-refractivity contribution >= 4 is 11.9 Å². The Hall–Kier alpha value is -3.94. The van der Waals surface area contributed by atoms with E-state index in [4.69, 9.17) is 10.5 Å². The summed E-state index contributed by atoms with van der Waals surface area (Å²) in [5, 5.41) is 4.32. The number of benzene rings is 1. The SMILES string of the molecule is COC(=O)c1cc(-c2cnn(C)c2)c(C2(c3ccc(-c4cnc(N)nc4)cc3)CCC2)[nH]1. The van der Waals surface area contributed by atoms with Crippen LogP contribution in [-0.2, 0) is 17.2 Å². The zero-order chi connectivity index (χ0) is 22.3. The van der Waals surface area contributed by atoms with E-state index in [0.717, 1.165) is 47.2 Å². The molecule has 3 heterocycles. The van der Waals surface area contributed by atoms with Crippen LogP contribution in [-0.4, -0.2) is 37.8 Å². The summed E-state index contributed by atoms with van der Waals surface area (Å²) < 4.78 is 6.74. The minimum atomic E-state index is -0.380. The highest BCUT2D eigenvalue weighted by atomic mass is 16.5. The normalized spacial score (nSPS) is 14.7. The maximum atomic E-state index is 12.3. The number of aromatic amines is 1. The summed E-state index contributed by atoms with van der Waals surface area (Å²) in [5.41, 5.74) is 12.0. The van der Waals surface area contributed by atoms with E-state index in [2.05, 4.69) is 44.3 Å². The molecule has 1 saturated carbocycles. The molecule has 0 saturated heterocycles. The summed E-state index contributed by atoms with van der Waals surface area (Å²) in [6.45, 7) is 0. The summed E-state index contributed by atoms with van der Waals surface area (Å²) in [5.74, 6) is -0.121. The van der Waals surface area contributed by atoms with E-state index in [1.807, 2.05) is 25.5 Å². The number of nitrogens with zero attached hydrogens (tertiary/aromatic N) is 4. The van der Waals surface area contributed by atoms with Gasteiger partial charge in [-0.25, -0.2) is 14.8 Å². The van der Waals surface area contributed by atoms with Crippen LogP contribution in [0.1, 0.15) is 41.0 Å². The average molecular weight is 428 g/mol. The molecule has 0 unspecified atom stereocenters. The number of rotatable bonds is 5. The molecule has 8 heteroatoms. The number of ether oxygens (including phenoxy) is 1. The number of nitrogen functional groups attached to an aromatic ring is 1. The monoisotopic (exact) mass is 428 g/mol. The van der Waals surface area contributed by atoms with Crippen LogP contribution in [0.5, 0.6) is 0 Å². The molecule has 32 heavy (non-hydrogen) atoms. The quantitative estimate of drug-likeness (QED) is 0.469. The first kappa shape index (κ1) is 20.0. The van der Waals surface area contributed by atoms with Crippen LogP contribution in [0.3, 0.4) is 0 Å². The Bertz CT molecular complexity index is 1270. The van der Waals surface area contributed by atoms with E-state index in [1.165, 1.54) is 12.7 Å². The molecule has 1 aliphatic carbocycles. The van der Waals surface area contributed by atoms with Gasteiger partial charge in [-0.05, 0) is 30.0 Å². The Morgan fingerprint density at radius 2 is 1.81 bits per heavy atom. The Morgan fingerprint density at radius 3 is 2.38 bits per heavy atom. The number of carbonyl (C=O) groups is 1. The van der Waals surface area contributed by atoms with Crippen molar-refractivity contribution in [3.05, 3.63) is 72.1 Å². The average Bonchev–Trinajstić information content (AvgIpc) is 3.40. The number of methoxy groups -OCH3 is 1. The van der Waals surface area contributed by atoms with E-state index < -0.39 is 0 Å². The van der Waals surface area contributed by atoms with Crippen LogP contribution >= 0.6 is 0 Å². The van der Waals surface area contributed by atoms with Crippen LogP contribution in [0.4, 0.5) is 5.95 Å². The van der Waals surface area contributed by atoms with Gasteiger partial charge < -0.3 is 15.5 Å². The molecule has 8 nitrogen and oxygen atoms in total. The molecule has 0 amide bonds. The number of aryl methyl sites for hydroxylation is 1. The predicted octanol–water partition coefficient (Wildman–Crippen LogP) is 3.71. The standard InChI is InChI=1S/C24H24N6O2/c1-30-14-17(13-28-30)19-10-20(22(31)32-2)29-21(19)24(8-3-9-24)18-6-4-15(5-7-18)16-11-26-23(25)27-12-16/h4-7,10-14,29H,3,8-9H2,1-2H3,(H2,25,26,27). The minimum Gasteiger partial charge on any atom is -0.464 e. The van der Waals surface area contributed by atoms with Gasteiger partial charge in [-0.1, -0.05) is 30.7 Å². The van der Waals surface area contributed by atoms with Gasteiger partial charge in [0.05, 0.1) is 13.3 Å². The second-order valence-electron chi connectivity index (χ2n) is 8.21. The number of aromatic nitrogens is 5. The van der Waals surface area contributed by atoms with Gasteiger partial charge in [0.2, 0.25) is 5.95 Å². The zero-order valence-electron chi connectivity index (χ0n) is 18.0. The molecule has 4 aromatic rings. The van der Waals surface area contributed by atoms with Crippen LogP contribution in [0.15, 0.2) is 55.1 Å². The van der Waals surface area contributed by atoms with Crippen molar-refractivity contribution in [3.8, 4) is 22.3 Å². The summed E-state index contributed by atoms with van der Waals surface area (Å²) in [7, 11) is 3.28. The molecule has 0 atom stereocenters. The smallest absolute Gasteiger partial charge is 0.354 e. The van der Waals surface area contributed by atoms with Crippen molar-refractivity contribution in [2.75, 3.05) is 12.8 Å². The van der Waals surface area contributed by atoms with Gasteiger partial charge in [0.1, 0.15) is 5.69 Å². The third-order valence-electron chi connectivity index (χ3n) is 6.37. The van der Waals surface area contributed by atoms with E-state index in [1.54, 1.807) is 17.1 Å². The van der Waals surface area contributed by atoms with Crippen molar-refractivity contribution in [3.63, 3.8) is 0 Å². The fourth-order valence-electron chi connectivity index (χ4n) is 4.52. The molecular weight excluding hydrogens is 404 g/mol. The first-order valence-corrected chi connectivity index (χ1v) is 10.5. The fraction of sp³-hybridized carbons (Fsp3) is 0.250. The number of esters is 1. The lowest BCUT2D eigenvalue weighted by atomic mass is 9.61. The number of hydrogen-bond acceptors (Lipinski definition) is 6. The van der Waals surface area contributed by atoms with E-state index in [9.17, 15) is 4.79 Å². The molecule has 162 valence electrons. The second-order valence-corrected chi connectivity index (χ2v) is 8.21. The van der Waals surface area contributed by atoms with Gasteiger partial charge >= 0.3 is 5.97 Å². The molecule has 3 aromatic heterocycles. The number of nitrogens with two attached hydrogens (primary N) is 1. The lowest BCUT2D eigenvalue weighted by molar-refractivity contribution is 0.0594. The predicted molar refractivity (Wildman–Crippen MR) is 121 cm³/mol. The van der Waals surface area contributed by atoms with Gasteiger partial charge in [-0.15, -0.1) is 0 Å². The molecule has 1 fully saturated rings. The number of nitrogens with one attached hydrogen (secondary N) is 1. The molecule has 0 spiro atoms. The molecule has 0 aliphatic heterocycles. The molecule has 0 bridgehead atoms. The maximum Gasteiger partial charge on any atom is 0.354 e. The fourth-order valence-corrected chi connectivity index (χ4v) is 4.52. The van der Waals surface area contributed by atoms with Crippen molar-refractivity contribution in [1.82, 2.24) is 24.7 Å². The molecule has 5 rings (SSSR count). The summed E-state index contributed by atoms with van der Waals surface area (Å²) in [6.07, 6.45) is 10.3. The zero-order valence-corrected chi connectivity index (χ0v) is 18.0. The van der Waals surface area contributed by atoms with Crippen molar-refractivity contribution in [1.29, 1.82) is 0 Å². The Morgan fingerprint density at radius 1 is 1.09 bits per heavy atom. The molecular formula is C24H24N6O2. The number of hydrogen-bond donors (Lipinski definition) is 2. The maximum absolute atomic E-state index is 12.3. The third-order valence-corrected chi connectivity index (χ3v) is 6.37. The highest BCUT2D eigenvalue weighted by Gasteiger charge is 2.43. The number of anilines is 1. The number of carbonyl (C=O) groups excluding carboxylic acids is 1. The first-order chi connectivity index (χ1) is 15.5. The van der Waals surface area contributed by atoms with Gasteiger partial charge in [0.15, 0.2) is 0 Å². The van der Waals surface area contributed by atoms with Crippen molar-refractivity contribution in [2.45, 2.75) is 24.7 Å². The Balaban J connectivity index is 1.59. The Kier molecular flexibility index (Phi) is 4.77. The van der Waals surface area contributed by atoms with Gasteiger partial charge in [-0.3, -0.25) is 4.68 Å². The summed E-state index contributed by atoms with van der Waals surface area (Å²) >= 11 is 0. The second kappa shape index (κ2) is 7.64. The lowest BCUT2D eigenvalue weighted by Gasteiger charge is -2.43. The van der Waals surface area contributed by atoms with E-state index in [-0.39, 0.29) is 17.3 Å². The van der Waals surface area contributed by atoms with Crippen molar-refractivity contribution < 1.29 is 9.53 Å². The topological polar surface area (TPSA) is 112 Å². The minimum absolute atomic E-state index is 0.201. The highest BCUT2D eigenvalue weighted by Crippen LogP contribution is 2.51. The largest absolute Gasteiger partial charge is 0.464 e. The van der Waals surface area contributed by atoms with Gasteiger partial charge in [0.25, 0.3) is 0 Å². The Labute approximate surface area is 185 Å². The summed E-state index contributed by atoms with van der Waals surface area (Å²) in [4.78, 5) is 23.9. The number of H-pyrrole nitrogens is 1. The third kappa shape index (κ3) is 3.24. The highest BCUT2D eigenvalue weighted by molar-refractivity contribution is 5.90. The van der Waals surface area contributed by atoms with Crippen LogP contribution < -0.4 is 5.73 Å². The van der Waals surface area contributed by atoms with Gasteiger partial charge in [0, 0.05) is 53.4 Å². The molecule has 3 N–H and O–H groups in total. The lowest BCUT2D eigenvalue weighted by Crippen LogP contribution is -2.36. The van der Waals surface area contributed by atoms with Crippen LogP contribution in [0.2, 0.25) is 0 Å². The van der Waals surface area contributed by atoms with Crippen molar-refractivity contribution in [2.24, 2.45) is 7.05 Å². The van der Waals surface area contributed by atoms with E-state index >= 15 is 0 Å². The molecule has 1 aliphatic rings.